The van der Waals surface area contributed by atoms with Crippen molar-refractivity contribution in [2.24, 2.45) is 4.99 Å². The normalized spacial score (nSPS) is 10.8. The minimum atomic E-state index is -0.373. The predicted octanol–water partition coefficient (Wildman–Crippen LogP) is 5.62. The molecular weight excluding hydrogens is 334 g/mol. The third kappa shape index (κ3) is 4.78. The highest BCUT2D eigenvalue weighted by atomic mass is 35.5. The molecule has 3 rings (SSSR count). The van der Waals surface area contributed by atoms with Gasteiger partial charge in [0.1, 0.15) is 5.75 Å². The van der Waals surface area contributed by atoms with Gasteiger partial charge in [-0.15, -0.1) is 0 Å². The second-order valence-electron chi connectivity index (χ2n) is 5.56. The van der Waals surface area contributed by atoms with Crippen LogP contribution < -0.4 is 4.74 Å². The Bertz CT molecular complexity index is 883. The van der Waals surface area contributed by atoms with E-state index >= 15 is 0 Å². The zero-order chi connectivity index (χ0) is 17.6. The van der Waals surface area contributed by atoms with Crippen molar-refractivity contribution < 1.29 is 9.53 Å². The number of hydrogen-bond donors (Lipinski definition) is 0. The number of esters is 1. The summed E-state index contributed by atoms with van der Waals surface area (Å²) in [6.07, 6.45) is 1.74. The van der Waals surface area contributed by atoms with E-state index < -0.39 is 0 Å². The molecule has 3 aromatic carbocycles. The fraction of sp³-hybridized carbons (Fsp3) is 0.0476. The van der Waals surface area contributed by atoms with Gasteiger partial charge in [-0.1, -0.05) is 29.3 Å². The zero-order valence-corrected chi connectivity index (χ0v) is 14.4. The molecule has 0 unspecified atom stereocenters. The molecule has 0 aliphatic carbocycles. The molecular formula is C21H16ClNO2. The number of nitrogens with zero attached hydrogens (tertiary/aromatic N) is 1. The average Bonchev–Trinajstić information content (AvgIpc) is 2.63. The van der Waals surface area contributed by atoms with Crippen LogP contribution in [-0.2, 0) is 0 Å². The Hall–Kier alpha value is -2.91. The molecule has 4 heteroatoms. The van der Waals surface area contributed by atoms with Crippen LogP contribution in [0.3, 0.4) is 0 Å². The Morgan fingerprint density at radius 2 is 1.56 bits per heavy atom. The lowest BCUT2D eigenvalue weighted by molar-refractivity contribution is 0.0735. The number of aliphatic imine (C=N–C) groups is 1. The molecule has 124 valence electrons. The number of carbonyl (C=O) groups excluding carboxylic acids is 1. The molecule has 0 saturated carbocycles. The Balaban J connectivity index is 1.64. The molecule has 3 nitrogen and oxygen atoms in total. The van der Waals surface area contributed by atoms with Crippen molar-refractivity contribution in [3.8, 4) is 5.75 Å². The van der Waals surface area contributed by atoms with E-state index in [0.717, 1.165) is 16.8 Å². The SMILES string of the molecule is Cc1ccc(C(=O)Oc2ccc(C=Nc3ccc(Cl)cc3)cc2)cc1. The van der Waals surface area contributed by atoms with E-state index in [2.05, 4.69) is 4.99 Å². The van der Waals surface area contributed by atoms with Crippen LogP contribution in [0, 0.1) is 6.92 Å². The molecule has 0 aliphatic rings. The van der Waals surface area contributed by atoms with Crippen LogP contribution >= 0.6 is 11.6 Å². The van der Waals surface area contributed by atoms with Gasteiger partial charge in [0.2, 0.25) is 0 Å². The minimum Gasteiger partial charge on any atom is -0.423 e. The van der Waals surface area contributed by atoms with Crippen molar-refractivity contribution >= 4 is 29.5 Å². The Morgan fingerprint density at radius 1 is 0.920 bits per heavy atom. The van der Waals surface area contributed by atoms with E-state index in [-0.39, 0.29) is 5.97 Å². The number of halogens is 1. The smallest absolute Gasteiger partial charge is 0.343 e. The molecule has 25 heavy (non-hydrogen) atoms. The highest BCUT2D eigenvalue weighted by Crippen LogP contribution is 2.17. The lowest BCUT2D eigenvalue weighted by Crippen LogP contribution is -2.08. The molecule has 0 bridgehead atoms. The fourth-order valence-electron chi connectivity index (χ4n) is 2.15. The summed E-state index contributed by atoms with van der Waals surface area (Å²) < 4.78 is 5.37. The maximum Gasteiger partial charge on any atom is 0.343 e. The minimum absolute atomic E-state index is 0.373. The summed E-state index contributed by atoms with van der Waals surface area (Å²) in [5.41, 5.74) is 3.35. The van der Waals surface area contributed by atoms with Gasteiger partial charge in [-0.25, -0.2) is 4.79 Å². The molecule has 0 radical (unpaired) electrons. The number of rotatable bonds is 4. The van der Waals surface area contributed by atoms with Crippen LogP contribution in [0.25, 0.3) is 0 Å². The van der Waals surface area contributed by atoms with Gasteiger partial charge in [-0.2, -0.15) is 0 Å². The van der Waals surface area contributed by atoms with Crippen LogP contribution in [0.4, 0.5) is 5.69 Å². The Kier molecular flexibility index (Phi) is 5.26. The second kappa shape index (κ2) is 7.77. The van der Waals surface area contributed by atoms with Crippen molar-refractivity contribution in [2.45, 2.75) is 6.92 Å². The van der Waals surface area contributed by atoms with Crippen molar-refractivity contribution in [3.05, 3.63) is 94.5 Å². The molecule has 0 amide bonds. The third-order valence-corrected chi connectivity index (χ3v) is 3.82. The molecule has 0 heterocycles. The third-order valence-electron chi connectivity index (χ3n) is 3.57. The van der Waals surface area contributed by atoms with Gasteiger partial charge in [0, 0.05) is 11.2 Å². The van der Waals surface area contributed by atoms with Crippen molar-refractivity contribution in [1.82, 2.24) is 0 Å². The van der Waals surface area contributed by atoms with E-state index in [1.54, 1.807) is 42.6 Å². The maximum absolute atomic E-state index is 12.1. The first-order chi connectivity index (χ1) is 12.1. The maximum atomic E-state index is 12.1. The van der Waals surface area contributed by atoms with Gasteiger partial charge in [0.25, 0.3) is 0 Å². The van der Waals surface area contributed by atoms with Gasteiger partial charge < -0.3 is 4.74 Å². The second-order valence-corrected chi connectivity index (χ2v) is 6.00. The van der Waals surface area contributed by atoms with E-state index in [1.165, 1.54) is 0 Å². The monoisotopic (exact) mass is 349 g/mol. The summed E-state index contributed by atoms with van der Waals surface area (Å²) in [5.74, 6) is 0.122. The number of aryl methyl sites for hydroxylation is 1. The molecule has 0 N–H and O–H groups in total. The number of carbonyl (C=O) groups is 1. The first-order valence-electron chi connectivity index (χ1n) is 7.79. The van der Waals surface area contributed by atoms with E-state index in [9.17, 15) is 4.79 Å². The molecule has 3 aromatic rings. The standard InChI is InChI=1S/C21H16ClNO2/c1-15-2-6-17(7-3-15)21(24)25-20-12-4-16(5-13-20)14-23-19-10-8-18(22)9-11-19/h2-14H,1H3. The highest BCUT2D eigenvalue weighted by Gasteiger charge is 2.07. The van der Waals surface area contributed by atoms with E-state index in [0.29, 0.717) is 16.3 Å². The first-order valence-corrected chi connectivity index (χ1v) is 8.16. The number of hydrogen-bond acceptors (Lipinski definition) is 3. The average molecular weight is 350 g/mol. The van der Waals surface area contributed by atoms with Gasteiger partial charge in [-0.05, 0) is 73.2 Å². The summed E-state index contributed by atoms with van der Waals surface area (Å²) in [7, 11) is 0. The Labute approximate surface area is 151 Å². The summed E-state index contributed by atoms with van der Waals surface area (Å²) >= 11 is 5.85. The lowest BCUT2D eigenvalue weighted by Gasteiger charge is -2.05. The molecule has 0 fully saturated rings. The predicted molar refractivity (Wildman–Crippen MR) is 101 cm³/mol. The van der Waals surface area contributed by atoms with Crippen LogP contribution in [0.2, 0.25) is 5.02 Å². The van der Waals surface area contributed by atoms with E-state index in [4.69, 9.17) is 16.3 Å². The summed E-state index contributed by atoms with van der Waals surface area (Å²) in [5, 5.41) is 0.679. The van der Waals surface area contributed by atoms with Gasteiger partial charge in [-0.3, -0.25) is 4.99 Å². The van der Waals surface area contributed by atoms with Crippen LogP contribution in [0.5, 0.6) is 5.75 Å². The van der Waals surface area contributed by atoms with E-state index in [1.807, 2.05) is 43.3 Å². The van der Waals surface area contributed by atoms with Crippen LogP contribution in [0.15, 0.2) is 77.8 Å². The highest BCUT2D eigenvalue weighted by molar-refractivity contribution is 6.30. The summed E-state index contributed by atoms with van der Waals surface area (Å²) in [6.45, 7) is 1.97. The molecule has 0 atom stereocenters. The number of benzene rings is 3. The first kappa shape index (κ1) is 16.9. The van der Waals surface area contributed by atoms with Gasteiger partial charge in [0.15, 0.2) is 0 Å². The molecule has 0 spiro atoms. The molecule has 0 aromatic heterocycles. The summed E-state index contributed by atoms with van der Waals surface area (Å²) in [4.78, 5) is 16.5. The number of ether oxygens (including phenoxy) is 1. The summed E-state index contributed by atoms with van der Waals surface area (Å²) in [6, 6.07) is 21.7. The topological polar surface area (TPSA) is 38.7 Å². The quantitative estimate of drug-likeness (QED) is 0.348. The van der Waals surface area contributed by atoms with Gasteiger partial charge >= 0.3 is 5.97 Å². The molecule has 0 aliphatic heterocycles. The van der Waals surface area contributed by atoms with Crippen molar-refractivity contribution in [1.29, 1.82) is 0 Å². The largest absolute Gasteiger partial charge is 0.423 e. The van der Waals surface area contributed by atoms with Crippen LogP contribution in [0.1, 0.15) is 21.5 Å². The molecule has 0 saturated heterocycles. The Morgan fingerprint density at radius 3 is 2.20 bits per heavy atom. The lowest BCUT2D eigenvalue weighted by atomic mass is 10.1. The van der Waals surface area contributed by atoms with Gasteiger partial charge in [0.05, 0.1) is 11.3 Å². The van der Waals surface area contributed by atoms with Crippen molar-refractivity contribution in [3.63, 3.8) is 0 Å². The van der Waals surface area contributed by atoms with Crippen molar-refractivity contribution in [2.75, 3.05) is 0 Å². The van der Waals surface area contributed by atoms with Crippen LogP contribution in [-0.4, -0.2) is 12.2 Å². The zero-order valence-electron chi connectivity index (χ0n) is 13.6. The fourth-order valence-corrected chi connectivity index (χ4v) is 2.28.